The molecular formula is C17H20N2O4. The van der Waals surface area contributed by atoms with E-state index in [4.69, 9.17) is 4.74 Å². The molecule has 23 heavy (non-hydrogen) atoms. The predicted molar refractivity (Wildman–Crippen MR) is 89.6 cm³/mol. The van der Waals surface area contributed by atoms with Crippen LogP contribution in [-0.2, 0) is 9.47 Å². The normalized spacial score (nSPS) is 8.96. The van der Waals surface area contributed by atoms with Gasteiger partial charge in [-0.15, -0.1) is 0 Å². The first-order chi connectivity index (χ1) is 11.2. The Labute approximate surface area is 135 Å². The van der Waals surface area contributed by atoms with Gasteiger partial charge in [-0.05, 0) is 31.2 Å². The zero-order chi connectivity index (χ0) is 16.9. The fourth-order valence-electron chi connectivity index (χ4n) is 1.50. The molecule has 0 unspecified atom stereocenters. The molecule has 0 aromatic heterocycles. The maximum Gasteiger partial charge on any atom is 0.411 e. The molecule has 2 rings (SSSR count). The van der Waals surface area contributed by atoms with Crippen LogP contribution in [0.25, 0.3) is 0 Å². The van der Waals surface area contributed by atoms with Crippen LogP contribution in [-0.4, -0.2) is 25.9 Å². The smallest absolute Gasteiger partial charge is 0.411 e. The van der Waals surface area contributed by atoms with E-state index in [1.165, 1.54) is 7.11 Å². The summed E-state index contributed by atoms with van der Waals surface area (Å²) in [5.74, 6) is 0. The lowest BCUT2D eigenvalue weighted by molar-refractivity contribution is 0.168. The lowest BCUT2D eigenvalue weighted by atomic mass is 10.3. The highest BCUT2D eigenvalue weighted by molar-refractivity contribution is 5.84. The molecule has 6 nitrogen and oxygen atoms in total. The Morgan fingerprint density at radius 3 is 1.65 bits per heavy atom. The highest BCUT2D eigenvalue weighted by Crippen LogP contribution is 2.05. The molecule has 0 aliphatic rings. The van der Waals surface area contributed by atoms with E-state index >= 15 is 0 Å². The van der Waals surface area contributed by atoms with Crippen molar-refractivity contribution >= 4 is 23.6 Å². The summed E-state index contributed by atoms with van der Waals surface area (Å²) in [6.45, 7) is 2.16. The van der Waals surface area contributed by atoms with Crippen LogP contribution in [0.3, 0.4) is 0 Å². The van der Waals surface area contributed by atoms with Crippen LogP contribution in [0.15, 0.2) is 60.7 Å². The van der Waals surface area contributed by atoms with E-state index < -0.39 is 12.2 Å². The number of hydrogen-bond donors (Lipinski definition) is 2. The zero-order valence-electron chi connectivity index (χ0n) is 13.1. The number of rotatable bonds is 3. The molecule has 122 valence electrons. The van der Waals surface area contributed by atoms with Crippen LogP contribution in [0.5, 0.6) is 0 Å². The molecule has 0 saturated heterocycles. The minimum atomic E-state index is -0.448. The largest absolute Gasteiger partial charge is 0.453 e. The summed E-state index contributed by atoms with van der Waals surface area (Å²) in [4.78, 5) is 21.5. The van der Waals surface area contributed by atoms with Gasteiger partial charge in [0.1, 0.15) is 0 Å². The lowest BCUT2D eigenvalue weighted by Crippen LogP contribution is -2.12. The van der Waals surface area contributed by atoms with Crippen LogP contribution in [0.2, 0.25) is 0 Å². The minimum absolute atomic E-state index is 0.388. The van der Waals surface area contributed by atoms with Crippen molar-refractivity contribution in [2.75, 3.05) is 24.4 Å². The molecule has 2 aromatic rings. The van der Waals surface area contributed by atoms with Gasteiger partial charge in [0.15, 0.2) is 0 Å². The van der Waals surface area contributed by atoms with E-state index in [2.05, 4.69) is 15.4 Å². The average Bonchev–Trinajstić information content (AvgIpc) is 2.57. The van der Waals surface area contributed by atoms with E-state index in [1.807, 2.05) is 36.4 Å². The molecule has 0 atom stereocenters. The van der Waals surface area contributed by atoms with E-state index in [-0.39, 0.29) is 0 Å². The highest BCUT2D eigenvalue weighted by atomic mass is 16.5. The van der Waals surface area contributed by atoms with Crippen molar-refractivity contribution in [1.29, 1.82) is 0 Å². The Morgan fingerprint density at radius 2 is 1.26 bits per heavy atom. The fraction of sp³-hybridized carbons (Fsp3) is 0.176. The van der Waals surface area contributed by atoms with Gasteiger partial charge in [-0.1, -0.05) is 36.4 Å². The van der Waals surface area contributed by atoms with Gasteiger partial charge in [0.05, 0.1) is 13.7 Å². The third kappa shape index (κ3) is 8.11. The maximum absolute atomic E-state index is 10.9. The summed E-state index contributed by atoms with van der Waals surface area (Å²) >= 11 is 0. The molecule has 0 radical (unpaired) electrons. The summed E-state index contributed by atoms with van der Waals surface area (Å²) < 4.78 is 9.10. The number of carbonyl (C=O) groups excluding carboxylic acids is 2. The molecular weight excluding hydrogens is 296 g/mol. The second-order valence-corrected chi connectivity index (χ2v) is 4.19. The van der Waals surface area contributed by atoms with Crippen LogP contribution in [0, 0.1) is 0 Å². The van der Waals surface area contributed by atoms with E-state index in [0.29, 0.717) is 6.61 Å². The van der Waals surface area contributed by atoms with Crippen molar-refractivity contribution < 1.29 is 19.1 Å². The van der Waals surface area contributed by atoms with Crippen LogP contribution >= 0.6 is 0 Å². The molecule has 0 aliphatic heterocycles. The molecule has 0 bridgehead atoms. The van der Waals surface area contributed by atoms with Gasteiger partial charge in [0, 0.05) is 11.4 Å². The lowest BCUT2D eigenvalue weighted by Gasteiger charge is -2.03. The van der Waals surface area contributed by atoms with Crippen molar-refractivity contribution in [3.63, 3.8) is 0 Å². The molecule has 2 aromatic carbocycles. The zero-order valence-corrected chi connectivity index (χ0v) is 13.1. The molecule has 2 N–H and O–H groups in total. The maximum atomic E-state index is 10.9. The van der Waals surface area contributed by atoms with Crippen molar-refractivity contribution in [3.05, 3.63) is 60.7 Å². The van der Waals surface area contributed by atoms with Gasteiger partial charge in [-0.25, -0.2) is 9.59 Å². The van der Waals surface area contributed by atoms with Gasteiger partial charge >= 0.3 is 12.2 Å². The second-order valence-electron chi connectivity index (χ2n) is 4.19. The van der Waals surface area contributed by atoms with Crippen molar-refractivity contribution in [2.24, 2.45) is 0 Å². The van der Waals surface area contributed by atoms with E-state index in [9.17, 15) is 9.59 Å². The number of carbonyl (C=O) groups is 2. The number of benzene rings is 2. The quantitative estimate of drug-likeness (QED) is 0.893. The SMILES string of the molecule is CCOC(=O)Nc1ccccc1.COC(=O)Nc1ccccc1. The number of ether oxygens (including phenoxy) is 2. The van der Waals surface area contributed by atoms with E-state index in [0.717, 1.165) is 11.4 Å². The molecule has 0 fully saturated rings. The minimum Gasteiger partial charge on any atom is -0.453 e. The Morgan fingerprint density at radius 1 is 0.826 bits per heavy atom. The Hall–Kier alpha value is -3.02. The second kappa shape index (κ2) is 10.7. The third-order valence-electron chi connectivity index (χ3n) is 2.50. The first-order valence-electron chi connectivity index (χ1n) is 7.04. The Balaban J connectivity index is 0.000000231. The molecule has 0 heterocycles. The highest BCUT2D eigenvalue weighted by Gasteiger charge is 1.99. The standard InChI is InChI=1S/C9H11NO2.C8H9NO2/c1-2-12-9(11)10-8-6-4-3-5-7-8;1-11-8(10)9-7-5-3-2-4-6-7/h3-7H,2H2,1H3,(H,10,11);2-6H,1H3,(H,9,10). The third-order valence-corrected chi connectivity index (χ3v) is 2.50. The number of nitrogens with one attached hydrogen (secondary N) is 2. The first-order valence-corrected chi connectivity index (χ1v) is 7.04. The first kappa shape index (κ1) is 18.0. The van der Waals surface area contributed by atoms with Crippen molar-refractivity contribution in [1.82, 2.24) is 0 Å². The summed E-state index contributed by atoms with van der Waals surface area (Å²) in [7, 11) is 1.33. The molecule has 0 saturated carbocycles. The van der Waals surface area contributed by atoms with Crippen molar-refractivity contribution in [3.8, 4) is 0 Å². The van der Waals surface area contributed by atoms with Gasteiger partial charge in [-0.2, -0.15) is 0 Å². The summed E-state index contributed by atoms with van der Waals surface area (Å²) in [6, 6.07) is 18.3. The topological polar surface area (TPSA) is 76.7 Å². The fourth-order valence-corrected chi connectivity index (χ4v) is 1.50. The number of hydrogen-bond acceptors (Lipinski definition) is 4. The molecule has 0 spiro atoms. The number of anilines is 2. The van der Waals surface area contributed by atoms with Crippen LogP contribution in [0.4, 0.5) is 21.0 Å². The summed E-state index contributed by atoms with van der Waals surface area (Å²) in [5, 5.41) is 5.11. The monoisotopic (exact) mass is 316 g/mol. The van der Waals surface area contributed by atoms with Crippen LogP contribution < -0.4 is 10.6 Å². The van der Waals surface area contributed by atoms with Crippen LogP contribution in [0.1, 0.15) is 6.92 Å². The predicted octanol–water partition coefficient (Wildman–Crippen LogP) is 4.12. The number of para-hydroxylation sites is 2. The molecule has 6 heteroatoms. The number of amides is 2. The van der Waals surface area contributed by atoms with Gasteiger partial charge in [-0.3, -0.25) is 10.6 Å². The van der Waals surface area contributed by atoms with Gasteiger partial charge in [0.25, 0.3) is 0 Å². The Kier molecular flexibility index (Phi) is 8.36. The van der Waals surface area contributed by atoms with E-state index in [1.54, 1.807) is 31.2 Å². The molecule has 2 amide bonds. The van der Waals surface area contributed by atoms with Gasteiger partial charge in [0.2, 0.25) is 0 Å². The summed E-state index contributed by atoms with van der Waals surface area (Å²) in [5.41, 5.74) is 1.48. The Bertz CT molecular complexity index is 588. The average molecular weight is 316 g/mol. The van der Waals surface area contributed by atoms with Crippen molar-refractivity contribution in [2.45, 2.75) is 6.92 Å². The molecule has 0 aliphatic carbocycles. The number of methoxy groups -OCH3 is 1. The van der Waals surface area contributed by atoms with Gasteiger partial charge < -0.3 is 9.47 Å². The summed E-state index contributed by atoms with van der Waals surface area (Å²) in [6.07, 6.45) is -0.861.